The number of anilines is 1. The molecule has 4 rings (SSSR count). The lowest BCUT2D eigenvalue weighted by molar-refractivity contribution is 0.251. The molecule has 3 aromatic heterocycles. The predicted molar refractivity (Wildman–Crippen MR) is 109 cm³/mol. The van der Waals surface area contributed by atoms with Gasteiger partial charge in [0.15, 0.2) is 5.82 Å². The van der Waals surface area contributed by atoms with Crippen LogP contribution >= 0.6 is 0 Å². The van der Waals surface area contributed by atoms with Gasteiger partial charge in [-0.05, 0) is 34.9 Å². The zero-order valence-corrected chi connectivity index (χ0v) is 15.8. The quantitative estimate of drug-likeness (QED) is 0.510. The van der Waals surface area contributed by atoms with Crippen molar-refractivity contribution in [2.75, 3.05) is 5.32 Å². The highest BCUT2D eigenvalue weighted by Gasteiger charge is 2.08. The minimum Gasteiger partial charge on any atom is -0.334 e. The normalized spacial score (nSPS) is 10.6. The van der Waals surface area contributed by atoms with E-state index in [1.807, 2.05) is 59.5 Å². The van der Waals surface area contributed by atoms with E-state index in [-0.39, 0.29) is 6.03 Å². The minimum absolute atomic E-state index is 0.298. The number of benzene rings is 1. The maximum atomic E-state index is 12.3. The molecule has 3 heterocycles. The number of nitrogens with one attached hydrogen (secondary N) is 2. The van der Waals surface area contributed by atoms with Gasteiger partial charge < -0.3 is 5.32 Å². The molecule has 2 N–H and O–H groups in total. The first-order valence-corrected chi connectivity index (χ1v) is 9.28. The standard InChI is InChI=1S/C21H21N7O/c29-21(25-20-8-13-28(26-20)15-17-6-10-22-11-7-17)23-14-18-4-1-2-5-19(18)16-27-12-3-9-24-27/h1-13H,14-16H2,(H2,23,25,26,29). The highest BCUT2D eigenvalue weighted by atomic mass is 16.2. The number of rotatable bonds is 7. The molecule has 4 aromatic rings. The van der Waals surface area contributed by atoms with Crippen LogP contribution in [0.1, 0.15) is 16.7 Å². The Morgan fingerprint density at radius 1 is 0.862 bits per heavy atom. The van der Waals surface area contributed by atoms with Crippen molar-refractivity contribution in [1.82, 2.24) is 29.9 Å². The minimum atomic E-state index is -0.298. The van der Waals surface area contributed by atoms with E-state index >= 15 is 0 Å². The fraction of sp³-hybridized carbons (Fsp3) is 0.143. The second kappa shape index (κ2) is 8.83. The Hall–Kier alpha value is -3.94. The van der Waals surface area contributed by atoms with Crippen LogP contribution in [0.15, 0.2) is 79.5 Å². The average Bonchev–Trinajstić information content (AvgIpc) is 3.40. The number of aromatic nitrogens is 5. The Balaban J connectivity index is 1.32. The van der Waals surface area contributed by atoms with Gasteiger partial charge in [-0.25, -0.2) is 4.79 Å². The van der Waals surface area contributed by atoms with Gasteiger partial charge in [-0.3, -0.25) is 19.7 Å². The Morgan fingerprint density at radius 3 is 2.48 bits per heavy atom. The number of amides is 2. The highest BCUT2D eigenvalue weighted by Crippen LogP contribution is 2.11. The second-order valence-electron chi connectivity index (χ2n) is 6.53. The van der Waals surface area contributed by atoms with Crippen LogP contribution in [0.2, 0.25) is 0 Å². The molecule has 0 aliphatic rings. The van der Waals surface area contributed by atoms with Gasteiger partial charge in [0.2, 0.25) is 0 Å². The molecule has 8 nitrogen and oxygen atoms in total. The summed E-state index contributed by atoms with van der Waals surface area (Å²) in [6.45, 7) is 1.69. The van der Waals surface area contributed by atoms with Gasteiger partial charge in [-0.2, -0.15) is 10.2 Å². The summed E-state index contributed by atoms with van der Waals surface area (Å²) in [6, 6.07) is 15.2. The van der Waals surface area contributed by atoms with E-state index in [1.165, 1.54) is 0 Å². The molecule has 0 aliphatic carbocycles. The van der Waals surface area contributed by atoms with Crippen molar-refractivity contribution in [3.63, 3.8) is 0 Å². The fourth-order valence-corrected chi connectivity index (χ4v) is 2.98. The fourth-order valence-electron chi connectivity index (χ4n) is 2.98. The van der Waals surface area contributed by atoms with Crippen LogP contribution in [0.5, 0.6) is 0 Å². The molecule has 0 spiro atoms. The van der Waals surface area contributed by atoms with E-state index < -0.39 is 0 Å². The van der Waals surface area contributed by atoms with E-state index in [1.54, 1.807) is 29.3 Å². The first-order chi connectivity index (χ1) is 14.3. The van der Waals surface area contributed by atoms with Gasteiger partial charge in [-0.15, -0.1) is 0 Å². The van der Waals surface area contributed by atoms with Crippen LogP contribution < -0.4 is 10.6 Å². The van der Waals surface area contributed by atoms with Crippen molar-refractivity contribution in [1.29, 1.82) is 0 Å². The lowest BCUT2D eigenvalue weighted by Crippen LogP contribution is -2.29. The molecular formula is C21H21N7O. The van der Waals surface area contributed by atoms with E-state index in [2.05, 4.69) is 25.8 Å². The Kier molecular flexibility index (Phi) is 5.61. The number of hydrogen-bond donors (Lipinski definition) is 2. The zero-order valence-electron chi connectivity index (χ0n) is 15.8. The molecule has 1 aromatic carbocycles. The zero-order chi connectivity index (χ0) is 19.9. The van der Waals surface area contributed by atoms with Crippen LogP contribution in [0.25, 0.3) is 0 Å². The number of pyridine rings is 1. The topological polar surface area (TPSA) is 89.7 Å². The van der Waals surface area contributed by atoms with Crippen molar-refractivity contribution in [2.24, 2.45) is 0 Å². The van der Waals surface area contributed by atoms with Gasteiger partial charge in [0.1, 0.15) is 0 Å². The maximum Gasteiger partial charge on any atom is 0.320 e. The smallest absolute Gasteiger partial charge is 0.320 e. The van der Waals surface area contributed by atoms with Crippen molar-refractivity contribution in [2.45, 2.75) is 19.6 Å². The molecule has 0 unspecified atom stereocenters. The van der Waals surface area contributed by atoms with E-state index in [0.717, 1.165) is 16.7 Å². The van der Waals surface area contributed by atoms with Gasteiger partial charge in [0.25, 0.3) is 0 Å². The SMILES string of the molecule is O=C(NCc1ccccc1Cn1cccn1)Nc1ccn(Cc2ccncc2)n1. The summed E-state index contributed by atoms with van der Waals surface area (Å²) < 4.78 is 3.62. The van der Waals surface area contributed by atoms with Crippen molar-refractivity contribution in [3.05, 3.63) is 96.2 Å². The van der Waals surface area contributed by atoms with Gasteiger partial charge in [0, 0.05) is 43.6 Å². The molecule has 0 radical (unpaired) electrons. The largest absolute Gasteiger partial charge is 0.334 e. The molecule has 8 heteroatoms. The van der Waals surface area contributed by atoms with Crippen molar-refractivity contribution >= 4 is 11.8 Å². The molecule has 0 bridgehead atoms. The van der Waals surface area contributed by atoms with Crippen molar-refractivity contribution < 1.29 is 4.79 Å². The first-order valence-electron chi connectivity index (χ1n) is 9.28. The summed E-state index contributed by atoms with van der Waals surface area (Å²) in [5, 5.41) is 14.3. The molecule has 0 fully saturated rings. The third-order valence-electron chi connectivity index (χ3n) is 4.43. The molecule has 0 atom stereocenters. The molecule has 29 heavy (non-hydrogen) atoms. The summed E-state index contributed by atoms with van der Waals surface area (Å²) in [6.07, 6.45) is 8.99. The summed E-state index contributed by atoms with van der Waals surface area (Å²) in [5.74, 6) is 0.501. The summed E-state index contributed by atoms with van der Waals surface area (Å²) in [4.78, 5) is 16.3. The molecule has 0 aliphatic heterocycles. The molecule has 146 valence electrons. The number of carbonyl (C=O) groups excluding carboxylic acids is 1. The lowest BCUT2D eigenvalue weighted by Gasteiger charge is -2.11. The summed E-state index contributed by atoms with van der Waals surface area (Å²) in [7, 11) is 0. The summed E-state index contributed by atoms with van der Waals surface area (Å²) in [5.41, 5.74) is 3.24. The number of hydrogen-bond acceptors (Lipinski definition) is 4. The first kappa shape index (κ1) is 18.4. The Labute approximate surface area is 168 Å². The van der Waals surface area contributed by atoms with Crippen LogP contribution in [-0.4, -0.2) is 30.6 Å². The Morgan fingerprint density at radius 2 is 1.69 bits per heavy atom. The van der Waals surface area contributed by atoms with Gasteiger partial charge in [0.05, 0.1) is 13.1 Å². The molecular weight excluding hydrogens is 366 g/mol. The third-order valence-corrected chi connectivity index (χ3v) is 4.43. The Bertz CT molecular complexity index is 1060. The number of nitrogens with zero attached hydrogens (tertiary/aromatic N) is 5. The van der Waals surface area contributed by atoms with Crippen LogP contribution in [0, 0.1) is 0 Å². The van der Waals surface area contributed by atoms with Crippen molar-refractivity contribution in [3.8, 4) is 0 Å². The van der Waals surface area contributed by atoms with Crippen LogP contribution in [0.4, 0.5) is 10.6 Å². The highest BCUT2D eigenvalue weighted by molar-refractivity contribution is 5.88. The lowest BCUT2D eigenvalue weighted by atomic mass is 10.1. The van der Waals surface area contributed by atoms with E-state index in [9.17, 15) is 4.79 Å². The third kappa shape index (κ3) is 5.07. The van der Waals surface area contributed by atoms with Gasteiger partial charge in [-0.1, -0.05) is 24.3 Å². The average molecular weight is 387 g/mol. The van der Waals surface area contributed by atoms with E-state index in [4.69, 9.17) is 0 Å². The van der Waals surface area contributed by atoms with Crippen LogP contribution in [-0.2, 0) is 19.6 Å². The summed E-state index contributed by atoms with van der Waals surface area (Å²) >= 11 is 0. The predicted octanol–water partition coefficient (Wildman–Crippen LogP) is 2.89. The van der Waals surface area contributed by atoms with E-state index in [0.29, 0.717) is 25.5 Å². The molecule has 0 saturated carbocycles. The maximum absolute atomic E-state index is 12.3. The van der Waals surface area contributed by atoms with Crippen LogP contribution in [0.3, 0.4) is 0 Å². The second-order valence-corrected chi connectivity index (χ2v) is 6.53. The van der Waals surface area contributed by atoms with Gasteiger partial charge >= 0.3 is 6.03 Å². The monoisotopic (exact) mass is 387 g/mol. The molecule has 0 saturated heterocycles. The number of carbonyl (C=O) groups is 1. The molecule has 2 amide bonds. The number of urea groups is 1.